The lowest BCUT2D eigenvalue weighted by atomic mass is 10.1. The van der Waals surface area contributed by atoms with Crippen molar-refractivity contribution < 1.29 is 22.8 Å². The third-order valence-electron chi connectivity index (χ3n) is 3.85. The van der Waals surface area contributed by atoms with Crippen molar-refractivity contribution in [3.63, 3.8) is 0 Å². The van der Waals surface area contributed by atoms with Gasteiger partial charge in [-0.05, 0) is 30.0 Å². The molecule has 0 saturated heterocycles. The van der Waals surface area contributed by atoms with E-state index in [2.05, 4.69) is 15.6 Å². The maximum Gasteiger partial charge on any atom is 0.416 e. The van der Waals surface area contributed by atoms with E-state index in [1.54, 1.807) is 17.5 Å². The second-order valence-corrected chi connectivity index (χ2v) is 7.81. The smallest absolute Gasteiger partial charge is 0.351 e. The molecule has 0 spiro atoms. The maximum absolute atomic E-state index is 12.8. The standard InChI is InChI=1S/C19H16F3N3O2S2/c20-19(21,22)13-5-1-4-12(10-13)14-11-29-18(24-14)25-16(26)7-2-8-23-17(27)15-6-3-9-28-15/h1,3-6,9-11H,2,7-8H2,(H,23,27)(H,24,25,26). The van der Waals surface area contributed by atoms with Crippen molar-refractivity contribution in [3.05, 3.63) is 57.6 Å². The minimum atomic E-state index is -4.43. The highest BCUT2D eigenvalue weighted by molar-refractivity contribution is 7.14. The number of nitrogens with zero attached hydrogens (tertiary/aromatic N) is 1. The first kappa shape index (κ1) is 21.0. The van der Waals surface area contributed by atoms with Gasteiger partial charge in [-0.3, -0.25) is 9.59 Å². The van der Waals surface area contributed by atoms with Gasteiger partial charge < -0.3 is 10.6 Å². The largest absolute Gasteiger partial charge is 0.416 e. The molecule has 0 atom stereocenters. The number of thiazole rings is 1. The molecule has 0 unspecified atom stereocenters. The minimum Gasteiger partial charge on any atom is -0.351 e. The van der Waals surface area contributed by atoms with Crippen molar-refractivity contribution in [2.75, 3.05) is 11.9 Å². The van der Waals surface area contributed by atoms with Gasteiger partial charge >= 0.3 is 6.18 Å². The van der Waals surface area contributed by atoms with Crippen LogP contribution in [0.4, 0.5) is 18.3 Å². The molecule has 3 aromatic rings. The summed E-state index contributed by atoms with van der Waals surface area (Å²) in [5.74, 6) is -0.452. The highest BCUT2D eigenvalue weighted by Gasteiger charge is 2.30. The number of rotatable bonds is 7. The van der Waals surface area contributed by atoms with Gasteiger partial charge in [-0.25, -0.2) is 4.98 Å². The Morgan fingerprint density at radius 1 is 1.10 bits per heavy atom. The highest BCUT2D eigenvalue weighted by atomic mass is 32.1. The summed E-state index contributed by atoms with van der Waals surface area (Å²) in [6.45, 7) is 0.359. The third kappa shape index (κ3) is 5.88. The van der Waals surface area contributed by atoms with E-state index in [9.17, 15) is 22.8 Å². The summed E-state index contributed by atoms with van der Waals surface area (Å²) in [6, 6.07) is 8.38. The molecule has 5 nitrogen and oxygen atoms in total. The second kappa shape index (κ2) is 9.19. The van der Waals surface area contributed by atoms with Gasteiger partial charge in [0.05, 0.1) is 16.1 Å². The lowest BCUT2D eigenvalue weighted by molar-refractivity contribution is -0.137. The first-order valence-corrected chi connectivity index (χ1v) is 10.3. The number of carbonyl (C=O) groups is 2. The molecule has 0 bridgehead atoms. The molecule has 0 radical (unpaired) electrons. The molecule has 0 aliphatic carbocycles. The average Bonchev–Trinajstić information content (AvgIpc) is 3.37. The minimum absolute atomic E-state index is 0.175. The first-order chi connectivity index (χ1) is 13.8. The Bertz CT molecular complexity index is 985. The Kier molecular flexibility index (Phi) is 6.65. The summed E-state index contributed by atoms with van der Waals surface area (Å²) < 4.78 is 38.5. The number of hydrogen-bond donors (Lipinski definition) is 2. The van der Waals surface area contributed by atoms with Crippen LogP contribution >= 0.6 is 22.7 Å². The molecule has 10 heteroatoms. The molecule has 2 amide bonds. The first-order valence-electron chi connectivity index (χ1n) is 8.57. The molecule has 0 aliphatic heterocycles. The van der Waals surface area contributed by atoms with Gasteiger partial charge in [0.15, 0.2) is 5.13 Å². The van der Waals surface area contributed by atoms with Gasteiger partial charge in [-0.15, -0.1) is 22.7 Å². The van der Waals surface area contributed by atoms with E-state index in [4.69, 9.17) is 0 Å². The van der Waals surface area contributed by atoms with Crippen LogP contribution in [-0.2, 0) is 11.0 Å². The Labute approximate surface area is 172 Å². The van der Waals surface area contributed by atoms with Crippen LogP contribution in [0.15, 0.2) is 47.2 Å². The normalized spacial score (nSPS) is 11.3. The SMILES string of the molecule is O=C(CCCNC(=O)c1cccs1)Nc1nc(-c2cccc(C(F)(F)F)c2)cs1. The Morgan fingerprint density at radius 2 is 1.93 bits per heavy atom. The highest BCUT2D eigenvalue weighted by Crippen LogP contribution is 2.33. The molecule has 152 valence electrons. The van der Waals surface area contributed by atoms with Crippen LogP contribution in [0, 0.1) is 0 Å². The maximum atomic E-state index is 12.8. The number of amides is 2. The zero-order chi connectivity index (χ0) is 20.9. The van der Waals surface area contributed by atoms with Gasteiger partial charge in [0.1, 0.15) is 0 Å². The molecule has 0 fully saturated rings. The van der Waals surface area contributed by atoms with E-state index in [1.165, 1.54) is 23.5 Å². The van der Waals surface area contributed by atoms with E-state index >= 15 is 0 Å². The summed E-state index contributed by atoms with van der Waals surface area (Å²) in [5, 5.41) is 9.07. The monoisotopic (exact) mass is 439 g/mol. The zero-order valence-electron chi connectivity index (χ0n) is 15.0. The summed E-state index contributed by atoms with van der Waals surface area (Å²) in [6.07, 6.45) is -3.79. The van der Waals surface area contributed by atoms with Gasteiger partial charge in [0.25, 0.3) is 5.91 Å². The molecule has 2 aromatic heterocycles. The molecule has 0 saturated carbocycles. The van der Waals surface area contributed by atoms with E-state index in [0.29, 0.717) is 34.2 Å². The van der Waals surface area contributed by atoms with Crippen molar-refractivity contribution in [1.29, 1.82) is 0 Å². The van der Waals surface area contributed by atoms with Gasteiger partial charge in [-0.2, -0.15) is 13.2 Å². The Balaban J connectivity index is 1.48. The Hall–Kier alpha value is -2.72. The number of hydrogen-bond acceptors (Lipinski definition) is 5. The number of nitrogens with one attached hydrogen (secondary N) is 2. The lowest BCUT2D eigenvalue weighted by Crippen LogP contribution is -2.24. The van der Waals surface area contributed by atoms with E-state index in [1.807, 2.05) is 5.38 Å². The van der Waals surface area contributed by atoms with E-state index in [-0.39, 0.29) is 18.2 Å². The zero-order valence-corrected chi connectivity index (χ0v) is 16.6. The van der Waals surface area contributed by atoms with E-state index < -0.39 is 11.7 Å². The van der Waals surface area contributed by atoms with Crippen molar-refractivity contribution in [2.45, 2.75) is 19.0 Å². The predicted molar refractivity (Wildman–Crippen MR) is 107 cm³/mol. The number of carbonyl (C=O) groups excluding carboxylic acids is 2. The topological polar surface area (TPSA) is 71.1 Å². The summed E-state index contributed by atoms with van der Waals surface area (Å²) in [5.41, 5.74) is -0.0642. The summed E-state index contributed by atoms with van der Waals surface area (Å²) in [4.78, 5) is 28.6. The number of benzene rings is 1. The van der Waals surface area contributed by atoms with Crippen molar-refractivity contribution in [3.8, 4) is 11.3 Å². The molecule has 0 aliphatic rings. The van der Waals surface area contributed by atoms with Crippen LogP contribution in [0.5, 0.6) is 0 Å². The molecular formula is C19H16F3N3O2S2. The molecular weight excluding hydrogens is 423 g/mol. The van der Waals surface area contributed by atoms with Gasteiger partial charge in [0, 0.05) is 23.9 Å². The van der Waals surface area contributed by atoms with Crippen LogP contribution in [0.25, 0.3) is 11.3 Å². The number of thiophene rings is 1. The molecule has 3 rings (SSSR count). The van der Waals surface area contributed by atoms with Crippen LogP contribution in [0.2, 0.25) is 0 Å². The predicted octanol–water partition coefficient (Wildman–Crippen LogP) is 5.04. The van der Waals surface area contributed by atoms with Crippen molar-refractivity contribution >= 4 is 39.6 Å². The fourth-order valence-electron chi connectivity index (χ4n) is 2.45. The van der Waals surface area contributed by atoms with Crippen LogP contribution in [-0.4, -0.2) is 23.3 Å². The van der Waals surface area contributed by atoms with Crippen molar-refractivity contribution in [1.82, 2.24) is 10.3 Å². The quantitative estimate of drug-likeness (QED) is 0.507. The second-order valence-electron chi connectivity index (χ2n) is 6.00. The van der Waals surface area contributed by atoms with Gasteiger partial charge in [0.2, 0.25) is 5.91 Å². The van der Waals surface area contributed by atoms with Crippen LogP contribution in [0.3, 0.4) is 0 Å². The fraction of sp³-hybridized carbons (Fsp3) is 0.211. The molecule has 29 heavy (non-hydrogen) atoms. The van der Waals surface area contributed by atoms with Crippen molar-refractivity contribution in [2.24, 2.45) is 0 Å². The fourth-order valence-corrected chi connectivity index (χ4v) is 3.82. The summed E-state index contributed by atoms with van der Waals surface area (Å²) in [7, 11) is 0. The number of anilines is 1. The molecule has 2 heterocycles. The number of alkyl halides is 3. The van der Waals surface area contributed by atoms with Crippen LogP contribution in [0.1, 0.15) is 28.1 Å². The van der Waals surface area contributed by atoms with Crippen LogP contribution < -0.4 is 10.6 Å². The number of aromatic nitrogens is 1. The average molecular weight is 439 g/mol. The van der Waals surface area contributed by atoms with E-state index in [0.717, 1.165) is 23.5 Å². The lowest BCUT2D eigenvalue weighted by Gasteiger charge is -2.07. The number of halogens is 3. The Morgan fingerprint density at radius 3 is 2.66 bits per heavy atom. The molecule has 2 N–H and O–H groups in total. The van der Waals surface area contributed by atoms with Gasteiger partial charge in [-0.1, -0.05) is 18.2 Å². The molecule has 1 aromatic carbocycles. The summed E-state index contributed by atoms with van der Waals surface area (Å²) >= 11 is 2.47. The third-order valence-corrected chi connectivity index (χ3v) is 5.47.